The molecule has 0 amide bonds. The Labute approximate surface area is 175 Å². The fourth-order valence-corrected chi connectivity index (χ4v) is 2.85. The molecule has 0 aliphatic rings. The molecular weight excluding hydrogens is 392 g/mol. The first-order valence-corrected chi connectivity index (χ1v) is 9.77. The van der Waals surface area contributed by atoms with Crippen LogP contribution in [0.15, 0.2) is 41.5 Å². The first-order chi connectivity index (χ1) is 13.8. The summed E-state index contributed by atoms with van der Waals surface area (Å²) in [5, 5.41) is 10.1. The fourth-order valence-electron chi connectivity index (χ4n) is 2.80. The van der Waals surface area contributed by atoms with Crippen molar-refractivity contribution in [2.75, 3.05) is 11.9 Å². The van der Waals surface area contributed by atoms with Gasteiger partial charge in [-0.3, -0.25) is 5.43 Å². The highest BCUT2D eigenvalue weighted by Gasteiger charge is 2.15. The molecule has 2 rings (SSSR count). The number of benzene rings is 2. The number of hydrazone groups is 1. The Balaban J connectivity index is 2.00. The maximum atomic E-state index is 14.4. The van der Waals surface area contributed by atoms with E-state index in [-0.39, 0.29) is 22.4 Å². The van der Waals surface area contributed by atoms with Crippen molar-refractivity contribution in [1.82, 2.24) is 10.7 Å². The molecule has 1 atom stereocenters. The highest BCUT2D eigenvalue weighted by Crippen LogP contribution is 2.19. The maximum absolute atomic E-state index is 14.4. The van der Waals surface area contributed by atoms with Crippen LogP contribution < -0.4 is 21.8 Å². The van der Waals surface area contributed by atoms with E-state index < -0.39 is 11.6 Å². The molecule has 0 unspecified atom stereocenters. The third kappa shape index (κ3) is 7.40. The van der Waals surface area contributed by atoms with E-state index in [0.29, 0.717) is 19.0 Å². The van der Waals surface area contributed by atoms with E-state index in [9.17, 15) is 8.78 Å². The first-order valence-electron chi connectivity index (χ1n) is 9.36. The minimum absolute atomic E-state index is 0.00483. The standard InChI is InChI=1S/C21H27F2N5S/c1-13(2)20(25-10-15-6-4-5-14(3)7-15)12-26-19-9-17(22)16(8-18(19)23)11-27-28-21(24)29/h4-9,11,13,20,25-26H,10,12H2,1-3H3,(H3,24,28,29)/b27-11+/t20-/m1/s1. The summed E-state index contributed by atoms with van der Waals surface area (Å²) in [7, 11) is 0. The van der Waals surface area contributed by atoms with Gasteiger partial charge in [-0.2, -0.15) is 5.10 Å². The van der Waals surface area contributed by atoms with Crippen molar-refractivity contribution in [3.8, 4) is 0 Å². The second-order valence-electron chi connectivity index (χ2n) is 7.19. The molecule has 0 radical (unpaired) electrons. The van der Waals surface area contributed by atoms with Crippen molar-refractivity contribution >= 4 is 29.2 Å². The minimum atomic E-state index is -0.601. The Morgan fingerprint density at radius 1 is 1.21 bits per heavy atom. The Bertz CT molecular complexity index is 870. The van der Waals surface area contributed by atoms with Gasteiger partial charge in [0.15, 0.2) is 5.11 Å². The lowest BCUT2D eigenvalue weighted by Crippen LogP contribution is -2.39. The third-order valence-electron chi connectivity index (χ3n) is 4.43. The zero-order valence-electron chi connectivity index (χ0n) is 16.8. The zero-order valence-corrected chi connectivity index (χ0v) is 17.6. The quantitative estimate of drug-likeness (QED) is 0.284. The smallest absolute Gasteiger partial charge is 0.184 e. The van der Waals surface area contributed by atoms with Crippen molar-refractivity contribution in [1.29, 1.82) is 0 Å². The van der Waals surface area contributed by atoms with Crippen LogP contribution in [-0.4, -0.2) is 23.9 Å². The summed E-state index contributed by atoms with van der Waals surface area (Å²) in [5.74, 6) is -0.863. The SMILES string of the molecule is Cc1cccc(CN[C@H](CNc2cc(F)c(/C=N/NC(N)=S)cc2F)C(C)C)c1. The monoisotopic (exact) mass is 419 g/mol. The second kappa shape index (κ2) is 10.8. The molecule has 5 nitrogen and oxygen atoms in total. The number of aryl methyl sites for hydroxylation is 1. The number of anilines is 1. The van der Waals surface area contributed by atoms with Gasteiger partial charge < -0.3 is 16.4 Å². The summed E-state index contributed by atoms with van der Waals surface area (Å²) in [6, 6.07) is 10.5. The van der Waals surface area contributed by atoms with Crippen LogP contribution in [-0.2, 0) is 6.54 Å². The molecule has 29 heavy (non-hydrogen) atoms. The van der Waals surface area contributed by atoms with E-state index >= 15 is 0 Å². The lowest BCUT2D eigenvalue weighted by Gasteiger charge is -2.24. The van der Waals surface area contributed by atoms with Crippen molar-refractivity contribution in [3.63, 3.8) is 0 Å². The summed E-state index contributed by atoms with van der Waals surface area (Å²) in [6.45, 7) is 7.38. The molecule has 0 aromatic heterocycles. The largest absolute Gasteiger partial charge is 0.381 e. The Kier molecular flexibility index (Phi) is 8.48. The number of rotatable bonds is 9. The van der Waals surface area contributed by atoms with E-state index in [1.807, 2.05) is 6.07 Å². The van der Waals surface area contributed by atoms with Gasteiger partial charge in [-0.05, 0) is 36.7 Å². The van der Waals surface area contributed by atoms with Crippen LogP contribution >= 0.6 is 12.2 Å². The summed E-state index contributed by atoms with van der Waals surface area (Å²) < 4.78 is 28.6. The number of nitrogens with zero attached hydrogens (tertiary/aromatic N) is 1. The Morgan fingerprint density at radius 2 is 1.97 bits per heavy atom. The summed E-state index contributed by atoms with van der Waals surface area (Å²) in [5.41, 5.74) is 10.0. The molecular formula is C21H27F2N5S. The molecule has 0 spiro atoms. The predicted molar refractivity (Wildman–Crippen MR) is 119 cm³/mol. The number of hydrogen-bond acceptors (Lipinski definition) is 4. The minimum Gasteiger partial charge on any atom is -0.381 e. The van der Waals surface area contributed by atoms with Crippen LogP contribution in [0.1, 0.15) is 30.5 Å². The Hall–Kier alpha value is -2.58. The average molecular weight is 420 g/mol. The summed E-state index contributed by atoms with van der Waals surface area (Å²) in [6.07, 6.45) is 1.13. The van der Waals surface area contributed by atoms with Crippen LogP contribution in [0.25, 0.3) is 0 Å². The van der Waals surface area contributed by atoms with E-state index in [0.717, 1.165) is 18.3 Å². The molecule has 8 heteroatoms. The van der Waals surface area contributed by atoms with Gasteiger partial charge in [0, 0.05) is 30.8 Å². The second-order valence-corrected chi connectivity index (χ2v) is 7.63. The van der Waals surface area contributed by atoms with Crippen LogP contribution in [0.4, 0.5) is 14.5 Å². The number of hydrogen-bond donors (Lipinski definition) is 4. The van der Waals surface area contributed by atoms with Crippen LogP contribution in [0.5, 0.6) is 0 Å². The molecule has 0 saturated heterocycles. The zero-order chi connectivity index (χ0) is 21.4. The van der Waals surface area contributed by atoms with Crippen molar-refractivity contribution in [3.05, 3.63) is 64.7 Å². The number of halogens is 2. The van der Waals surface area contributed by atoms with Crippen molar-refractivity contribution < 1.29 is 8.78 Å². The highest BCUT2D eigenvalue weighted by molar-refractivity contribution is 7.80. The predicted octanol–water partition coefficient (Wildman–Crippen LogP) is 3.67. The molecule has 2 aromatic carbocycles. The van der Waals surface area contributed by atoms with Gasteiger partial charge in [0.1, 0.15) is 11.6 Å². The van der Waals surface area contributed by atoms with E-state index in [1.54, 1.807) is 0 Å². The highest BCUT2D eigenvalue weighted by atomic mass is 32.1. The first kappa shape index (κ1) is 22.7. The number of thiocarbonyl (C=S) groups is 1. The van der Waals surface area contributed by atoms with E-state index in [1.165, 1.54) is 11.1 Å². The van der Waals surface area contributed by atoms with E-state index in [2.05, 4.69) is 72.3 Å². The van der Waals surface area contributed by atoms with Gasteiger partial charge in [0.2, 0.25) is 0 Å². The van der Waals surface area contributed by atoms with Gasteiger partial charge in [-0.25, -0.2) is 8.78 Å². The van der Waals surface area contributed by atoms with Gasteiger partial charge in [0.25, 0.3) is 0 Å². The molecule has 156 valence electrons. The lowest BCUT2D eigenvalue weighted by molar-refractivity contribution is 0.412. The van der Waals surface area contributed by atoms with Gasteiger partial charge >= 0.3 is 0 Å². The van der Waals surface area contributed by atoms with Crippen LogP contribution in [0.2, 0.25) is 0 Å². The maximum Gasteiger partial charge on any atom is 0.184 e. The van der Waals surface area contributed by atoms with Gasteiger partial charge in [0.05, 0.1) is 11.9 Å². The van der Waals surface area contributed by atoms with Crippen molar-refractivity contribution in [2.24, 2.45) is 16.8 Å². The molecule has 0 aliphatic heterocycles. The van der Waals surface area contributed by atoms with Crippen LogP contribution in [0.3, 0.4) is 0 Å². The number of nitrogens with two attached hydrogens (primary N) is 1. The fraction of sp³-hybridized carbons (Fsp3) is 0.333. The van der Waals surface area contributed by atoms with Gasteiger partial charge in [-0.15, -0.1) is 0 Å². The molecule has 0 saturated carbocycles. The van der Waals surface area contributed by atoms with E-state index in [4.69, 9.17) is 5.73 Å². The Morgan fingerprint density at radius 3 is 2.62 bits per heavy atom. The molecule has 2 aromatic rings. The van der Waals surface area contributed by atoms with Crippen molar-refractivity contribution in [2.45, 2.75) is 33.4 Å². The molecule has 0 heterocycles. The van der Waals surface area contributed by atoms with Gasteiger partial charge in [-0.1, -0.05) is 43.7 Å². The number of nitrogens with one attached hydrogen (secondary N) is 3. The topological polar surface area (TPSA) is 74.5 Å². The summed E-state index contributed by atoms with van der Waals surface area (Å²) in [4.78, 5) is 0. The summed E-state index contributed by atoms with van der Waals surface area (Å²) >= 11 is 4.60. The molecule has 0 fully saturated rings. The molecule has 0 aliphatic carbocycles. The van der Waals surface area contributed by atoms with Crippen LogP contribution in [0, 0.1) is 24.5 Å². The third-order valence-corrected chi connectivity index (χ3v) is 4.52. The average Bonchev–Trinajstić information content (AvgIpc) is 2.64. The lowest BCUT2D eigenvalue weighted by atomic mass is 10.0. The normalized spacial score (nSPS) is 12.3. The molecule has 5 N–H and O–H groups in total. The molecule has 0 bridgehead atoms.